The summed E-state index contributed by atoms with van der Waals surface area (Å²) in [6.07, 6.45) is 0.256. The fourth-order valence-electron chi connectivity index (χ4n) is 2.99. The van der Waals surface area contributed by atoms with Crippen molar-refractivity contribution in [2.45, 2.75) is 38.7 Å². The van der Waals surface area contributed by atoms with Crippen LogP contribution in [0, 0.1) is 11.7 Å². The number of halogens is 1. The molecule has 0 saturated heterocycles. The molecule has 4 N–H and O–H groups in total. The van der Waals surface area contributed by atoms with Crippen molar-refractivity contribution in [2.75, 3.05) is 0 Å². The summed E-state index contributed by atoms with van der Waals surface area (Å²) in [5.41, 5.74) is 0.999. The highest BCUT2D eigenvalue weighted by Crippen LogP contribution is 2.19. The van der Waals surface area contributed by atoms with E-state index in [0.29, 0.717) is 17.5 Å². The van der Waals surface area contributed by atoms with Crippen LogP contribution in [0.15, 0.2) is 54.6 Å². The van der Waals surface area contributed by atoms with Gasteiger partial charge in [-0.2, -0.15) is 0 Å². The number of amides is 2. The van der Waals surface area contributed by atoms with E-state index in [9.17, 15) is 24.0 Å². The number of carbonyl (C=O) groups is 2. The Morgan fingerprint density at radius 3 is 2.17 bits per heavy atom. The zero-order valence-corrected chi connectivity index (χ0v) is 16.5. The van der Waals surface area contributed by atoms with Crippen LogP contribution in [-0.4, -0.2) is 34.9 Å². The number of hydrogen-bond acceptors (Lipinski definition) is 4. The van der Waals surface area contributed by atoms with E-state index in [1.54, 1.807) is 30.3 Å². The smallest absolute Gasteiger partial charge is 0.426 e. The molecule has 8 heteroatoms. The van der Waals surface area contributed by atoms with Crippen molar-refractivity contribution in [1.82, 2.24) is 10.6 Å². The first-order valence-electron chi connectivity index (χ1n) is 9.53. The Balaban J connectivity index is 2.15. The topological polar surface area (TPSA) is 98.7 Å². The molecule has 0 bridgehead atoms. The van der Waals surface area contributed by atoms with Gasteiger partial charge in [0.15, 0.2) is 0 Å². The second-order valence-corrected chi connectivity index (χ2v) is 7.36. The van der Waals surface area contributed by atoms with Gasteiger partial charge in [-0.05, 0) is 42.2 Å². The SMILES string of the molecule is CC(C)CC(NC(=O)CC(NC(=O)c1ccccc1)c1ccc(F)cc1)B(O)O. The molecule has 29 heavy (non-hydrogen) atoms. The summed E-state index contributed by atoms with van der Waals surface area (Å²) in [5.74, 6) is -1.92. The minimum absolute atomic E-state index is 0.133. The molecule has 6 nitrogen and oxygen atoms in total. The molecule has 0 heterocycles. The van der Waals surface area contributed by atoms with E-state index in [4.69, 9.17) is 0 Å². The van der Waals surface area contributed by atoms with Gasteiger partial charge in [0.25, 0.3) is 5.91 Å². The lowest BCUT2D eigenvalue weighted by Crippen LogP contribution is -2.48. The van der Waals surface area contributed by atoms with Gasteiger partial charge in [0.1, 0.15) is 5.82 Å². The van der Waals surface area contributed by atoms with Crippen LogP contribution >= 0.6 is 0 Å². The second-order valence-electron chi connectivity index (χ2n) is 7.36. The Morgan fingerprint density at radius 1 is 1.00 bits per heavy atom. The Bertz CT molecular complexity index is 800. The predicted molar refractivity (Wildman–Crippen MR) is 109 cm³/mol. The van der Waals surface area contributed by atoms with Gasteiger partial charge in [-0.25, -0.2) is 4.39 Å². The molecular weight excluding hydrogens is 374 g/mol. The third kappa shape index (κ3) is 7.32. The van der Waals surface area contributed by atoms with Crippen molar-refractivity contribution in [1.29, 1.82) is 0 Å². The van der Waals surface area contributed by atoms with E-state index in [2.05, 4.69) is 10.6 Å². The fraction of sp³-hybridized carbons (Fsp3) is 0.333. The van der Waals surface area contributed by atoms with Crippen molar-refractivity contribution in [3.8, 4) is 0 Å². The van der Waals surface area contributed by atoms with Crippen LogP contribution in [0.3, 0.4) is 0 Å². The van der Waals surface area contributed by atoms with Gasteiger partial charge < -0.3 is 20.7 Å². The van der Waals surface area contributed by atoms with Gasteiger partial charge in [-0.1, -0.05) is 44.2 Å². The average Bonchev–Trinajstić information content (AvgIpc) is 2.67. The van der Waals surface area contributed by atoms with Crippen molar-refractivity contribution in [3.63, 3.8) is 0 Å². The van der Waals surface area contributed by atoms with Gasteiger partial charge in [-0.15, -0.1) is 0 Å². The monoisotopic (exact) mass is 400 g/mol. The van der Waals surface area contributed by atoms with E-state index in [-0.39, 0.29) is 18.2 Å². The zero-order valence-electron chi connectivity index (χ0n) is 16.5. The lowest BCUT2D eigenvalue weighted by molar-refractivity contribution is -0.122. The minimum Gasteiger partial charge on any atom is -0.426 e. The van der Waals surface area contributed by atoms with Gasteiger partial charge >= 0.3 is 7.12 Å². The first-order valence-corrected chi connectivity index (χ1v) is 9.53. The third-order valence-electron chi connectivity index (χ3n) is 4.43. The molecule has 154 valence electrons. The molecule has 0 fully saturated rings. The van der Waals surface area contributed by atoms with Crippen LogP contribution in [0.1, 0.15) is 48.7 Å². The van der Waals surface area contributed by atoms with Crippen molar-refractivity contribution in [2.24, 2.45) is 5.92 Å². The standard InChI is InChI=1S/C21H26BFN2O4/c1-14(2)12-19(22(28)29)25-20(26)13-18(15-8-10-17(23)11-9-15)24-21(27)16-6-4-3-5-7-16/h3-11,14,18-19,28-29H,12-13H2,1-2H3,(H,24,27)(H,25,26). The first-order chi connectivity index (χ1) is 13.8. The highest BCUT2D eigenvalue weighted by atomic mass is 19.1. The summed E-state index contributed by atoms with van der Waals surface area (Å²) in [7, 11) is -1.69. The highest BCUT2D eigenvalue weighted by Gasteiger charge is 2.27. The largest absolute Gasteiger partial charge is 0.475 e. The third-order valence-corrected chi connectivity index (χ3v) is 4.43. The van der Waals surface area contributed by atoms with E-state index in [1.807, 2.05) is 13.8 Å². The summed E-state index contributed by atoms with van der Waals surface area (Å²) < 4.78 is 13.3. The number of nitrogens with one attached hydrogen (secondary N) is 2. The predicted octanol–water partition coefficient (Wildman–Crippen LogP) is 2.23. The van der Waals surface area contributed by atoms with Crippen LogP contribution in [0.2, 0.25) is 0 Å². The van der Waals surface area contributed by atoms with Crippen molar-refractivity contribution < 1.29 is 24.0 Å². The van der Waals surface area contributed by atoms with Crippen LogP contribution in [0.5, 0.6) is 0 Å². The van der Waals surface area contributed by atoms with E-state index < -0.39 is 30.8 Å². The normalized spacial score (nSPS) is 12.9. The molecule has 0 aliphatic heterocycles. The van der Waals surface area contributed by atoms with Crippen LogP contribution in [0.25, 0.3) is 0 Å². The summed E-state index contributed by atoms with van der Waals surface area (Å²) in [6, 6.07) is 13.4. The van der Waals surface area contributed by atoms with Gasteiger partial charge in [0, 0.05) is 5.56 Å². The molecule has 0 aromatic heterocycles. The Labute approximate surface area is 170 Å². The molecular formula is C21H26BFN2O4. The summed E-state index contributed by atoms with van der Waals surface area (Å²) >= 11 is 0. The maximum atomic E-state index is 13.3. The lowest BCUT2D eigenvalue weighted by atomic mass is 9.75. The minimum atomic E-state index is -1.69. The Kier molecular flexibility index (Phi) is 8.36. The maximum absolute atomic E-state index is 13.3. The van der Waals surface area contributed by atoms with Crippen molar-refractivity contribution >= 4 is 18.9 Å². The van der Waals surface area contributed by atoms with E-state index >= 15 is 0 Å². The molecule has 2 amide bonds. The molecule has 0 radical (unpaired) electrons. The van der Waals surface area contributed by atoms with Gasteiger partial charge in [0.05, 0.1) is 18.4 Å². The number of carbonyl (C=O) groups excluding carboxylic acids is 2. The molecule has 0 spiro atoms. The molecule has 0 aliphatic carbocycles. The Hall–Kier alpha value is -2.71. The van der Waals surface area contributed by atoms with E-state index in [0.717, 1.165) is 0 Å². The summed E-state index contributed by atoms with van der Waals surface area (Å²) in [6.45, 7) is 3.81. The maximum Gasteiger partial charge on any atom is 0.475 e. The fourth-order valence-corrected chi connectivity index (χ4v) is 2.99. The average molecular weight is 400 g/mol. The van der Waals surface area contributed by atoms with Crippen molar-refractivity contribution in [3.05, 3.63) is 71.5 Å². The molecule has 2 aromatic rings. The second kappa shape index (κ2) is 10.7. The lowest BCUT2D eigenvalue weighted by Gasteiger charge is -2.23. The molecule has 0 saturated carbocycles. The number of rotatable bonds is 9. The number of hydrogen-bond donors (Lipinski definition) is 4. The molecule has 2 unspecified atom stereocenters. The van der Waals surface area contributed by atoms with Crippen LogP contribution < -0.4 is 10.6 Å². The molecule has 2 rings (SSSR count). The van der Waals surface area contributed by atoms with Gasteiger partial charge in [-0.3, -0.25) is 9.59 Å². The quantitative estimate of drug-likeness (QED) is 0.485. The van der Waals surface area contributed by atoms with Gasteiger partial charge in [0.2, 0.25) is 5.91 Å². The van der Waals surface area contributed by atoms with Crippen LogP contribution in [-0.2, 0) is 4.79 Å². The van der Waals surface area contributed by atoms with Crippen LogP contribution in [0.4, 0.5) is 4.39 Å². The van der Waals surface area contributed by atoms with E-state index in [1.165, 1.54) is 24.3 Å². The Morgan fingerprint density at radius 2 is 1.62 bits per heavy atom. The zero-order chi connectivity index (χ0) is 21.4. The number of benzene rings is 2. The summed E-state index contributed by atoms with van der Waals surface area (Å²) in [4.78, 5) is 25.1. The molecule has 2 aromatic carbocycles. The first kappa shape index (κ1) is 22.6. The summed E-state index contributed by atoms with van der Waals surface area (Å²) in [5, 5.41) is 24.4. The highest BCUT2D eigenvalue weighted by molar-refractivity contribution is 6.43. The molecule has 0 aliphatic rings. The molecule has 2 atom stereocenters.